The lowest BCUT2D eigenvalue weighted by atomic mass is 10.4. The molecule has 0 aliphatic carbocycles. The van der Waals surface area contributed by atoms with Crippen LogP contribution in [0.5, 0.6) is 0 Å². The fraction of sp³-hybridized carbons (Fsp3) is 0.444. The highest BCUT2D eigenvalue weighted by Gasteiger charge is 2.12. The van der Waals surface area contributed by atoms with Crippen LogP contribution in [0.2, 0.25) is 0 Å². The number of hydrogen-bond donors (Lipinski definition) is 2. The Bertz CT molecular complexity index is 654. The van der Waals surface area contributed by atoms with Gasteiger partial charge in [0.05, 0.1) is 0 Å². The molecule has 3 N–H and O–H groups in total. The van der Waals surface area contributed by atoms with Crippen molar-refractivity contribution in [2.45, 2.75) is 6.42 Å². The SMILES string of the molecule is Br.Cn1c(=O)c2[nH]c(CCN)nc2n(C)c1=O. The van der Waals surface area contributed by atoms with E-state index in [1.165, 1.54) is 11.6 Å². The number of nitrogens with zero attached hydrogens (tertiary/aromatic N) is 3. The monoisotopic (exact) mass is 303 g/mol. The highest BCUT2D eigenvalue weighted by atomic mass is 79.9. The number of aromatic nitrogens is 4. The van der Waals surface area contributed by atoms with E-state index in [0.29, 0.717) is 30.0 Å². The lowest BCUT2D eigenvalue weighted by Gasteiger charge is -2.00. The van der Waals surface area contributed by atoms with Gasteiger partial charge >= 0.3 is 5.69 Å². The van der Waals surface area contributed by atoms with Gasteiger partial charge < -0.3 is 10.7 Å². The molecule has 0 saturated heterocycles. The number of nitrogens with two attached hydrogens (primary N) is 1. The van der Waals surface area contributed by atoms with Gasteiger partial charge in [-0.2, -0.15) is 0 Å². The third kappa shape index (κ3) is 2.05. The smallest absolute Gasteiger partial charge is 0.332 e. The lowest BCUT2D eigenvalue weighted by Crippen LogP contribution is -2.36. The Hall–Kier alpha value is -1.41. The molecular weight excluding hydrogens is 290 g/mol. The number of aryl methyl sites for hydroxylation is 1. The van der Waals surface area contributed by atoms with E-state index in [1.54, 1.807) is 7.05 Å². The van der Waals surface area contributed by atoms with Gasteiger partial charge in [0.2, 0.25) is 0 Å². The van der Waals surface area contributed by atoms with Crippen LogP contribution in [0.15, 0.2) is 9.59 Å². The van der Waals surface area contributed by atoms with Crippen LogP contribution < -0.4 is 17.0 Å². The molecule has 0 radical (unpaired) electrons. The van der Waals surface area contributed by atoms with Gasteiger partial charge in [-0.05, 0) is 6.54 Å². The highest BCUT2D eigenvalue weighted by Crippen LogP contribution is 2.03. The van der Waals surface area contributed by atoms with Crippen LogP contribution in [-0.4, -0.2) is 25.6 Å². The molecular formula is C9H14BrN5O2. The van der Waals surface area contributed by atoms with Gasteiger partial charge in [-0.15, -0.1) is 17.0 Å². The van der Waals surface area contributed by atoms with Crippen LogP contribution in [0.3, 0.4) is 0 Å². The van der Waals surface area contributed by atoms with E-state index in [2.05, 4.69) is 9.97 Å². The Labute approximate surface area is 107 Å². The van der Waals surface area contributed by atoms with Crippen LogP contribution >= 0.6 is 17.0 Å². The minimum absolute atomic E-state index is 0. The molecule has 0 spiro atoms. The minimum Gasteiger partial charge on any atom is -0.336 e. The van der Waals surface area contributed by atoms with E-state index >= 15 is 0 Å². The fourth-order valence-corrected chi connectivity index (χ4v) is 1.63. The third-order valence-electron chi connectivity index (χ3n) is 2.52. The maximum atomic E-state index is 11.8. The molecule has 0 saturated carbocycles. The maximum absolute atomic E-state index is 11.8. The number of halogens is 1. The van der Waals surface area contributed by atoms with Gasteiger partial charge in [0.15, 0.2) is 5.65 Å². The summed E-state index contributed by atoms with van der Waals surface area (Å²) in [6.45, 7) is 0.439. The summed E-state index contributed by atoms with van der Waals surface area (Å²) < 4.78 is 2.39. The van der Waals surface area contributed by atoms with Gasteiger partial charge in [0.1, 0.15) is 11.3 Å². The second kappa shape index (κ2) is 4.84. The summed E-state index contributed by atoms with van der Waals surface area (Å²) in [7, 11) is 3.02. The van der Waals surface area contributed by atoms with E-state index in [1.807, 2.05) is 0 Å². The maximum Gasteiger partial charge on any atom is 0.332 e. The topological polar surface area (TPSA) is 98.7 Å². The van der Waals surface area contributed by atoms with E-state index in [0.717, 1.165) is 4.57 Å². The van der Waals surface area contributed by atoms with Crippen LogP contribution in [0.4, 0.5) is 0 Å². The number of hydrogen-bond acceptors (Lipinski definition) is 4. The summed E-state index contributed by atoms with van der Waals surface area (Å²) in [6, 6.07) is 0. The molecule has 0 aliphatic heterocycles. The molecule has 94 valence electrons. The van der Waals surface area contributed by atoms with Crippen molar-refractivity contribution in [3.05, 3.63) is 26.7 Å². The van der Waals surface area contributed by atoms with E-state index in [4.69, 9.17) is 5.73 Å². The fourth-order valence-electron chi connectivity index (χ4n) is 1.63. The summed E-state index contributed by atoms with van der Waals surface area (Å²) >= 11 is 0. The molecule has 0 aromatic carbocycles. The summed E-state index contributed by atoms with van der Waals surface area (Å²) in [5.41, 5.74) is 5.37. The Kier molecular flexibility index (Phi) is 3.89. The van der Waals surface area contributed by atoms with Crippen molar-refractivity contribution in [1.82, 2.24) is 19.1 Å². The Morgan fingerprint density at radius 3 is 2.53 bits per heavy atom. The molecule has 2 aromatic heterocycles. The van der Waals surface area contributed by atoms with E-state index in [-0.39, 0.29) is 28.2 Å². The van der Waals surface area contributed by atoms with E-state index < -0.39 is 0 Å². The Balaban J connectivity index is 0.00000144. The molecule has 8 heteroatoms. The zero-order valence-electron chi connectivity index (χ0n) is 9.56. The molecule has 0 atom stereocenters. The molecule has 17 heavy (non-hydrogen) atoms. The Morgan fingerprint density at radius 1 is 1.29 bits per heavy atom. The van der Waals surface area contributed by atoms with Gasteiger partial charge in [0, 0.05) is 20.5 Å². The summed E-state index contributed by atoms with van der Waals surface area (Å²) in [6.07, 6.45) is 0.548. The second-order valence-electron chi connectivity index (χ2n) is 3.63. The van der Waals surface area contributed by atoms with E-state index in [9.17, 15) is 9.59 Å². The predicted octanol–water partition coefficient (Wildman–Crippen LogP) is -0.961. The minimum atomic E-state index is -0.386. The van der Waals surface area contributed by atoms with Crippen molar-refractivity contribution >= 4 is 28.1 Å². The van der Waals surface area contributed by atoms with Crippen molar-refractivity contribution in [2.24, 2.45) is 19.8 Å². The average Bonchev–Trinajstić information content (AvgIpc) is 2.68. The van der Waals surface area contributed by atoms with Gasteiger partial charge in [-0.25, -0.2) is 9.78 Å². The Morgan fingerprint density at radius 2 is 1.94 bits per heavy atom. The quantitative estimate of drug-likeness (QED) is 0.746. The van der Waals surface area contributed by atoms with Gasteiger partial charge in [0.25, 0.3) is 5.56 Å². The zero-order chi connectivity index (χ0) is 11.9. The first kappa shape index (κ1) is 13.7. The largest absolute Gasteiger partial charge is 0.336 e. The van der Waals surface area contributed by atoms with Crippen molar-refractivity contribution < 1.29 is 0 Å². The third-order valence-corrected chi connectivity index (χ3v) is 2.52. The molecule has 0 fully saturated rings. The number of rotatable bonds is 2. The van der Waals surface area contributed by atoms with Crippen LogP contribution in [-0.2, 0) is 20.5 Å². The molecule has 0 bridgehead atoms. The number of aromatic amines is 1. The first-order chi connectivity index (χ1) is 7.56. The van der Waals surface area contributed by atoms with Crippen molar-refractivity contribution in [3.63, 3.8) is 0 Å². The lowest BCUT2D eigenvalue weighted by molar-refractivity contribution is 0.708. The van der Waals surface area contributed by atoms with Crippen molar-refractivity contribution in [1.29, 1.82) is 0 Å². The zero-order valence-corrected chi connectivity index (χ0v) is 11.3. The first-order valence-electron chi connectivity index (χ1n) is 4.91. The number of H-pyrrole nitrogens is 1. The van der Waals surface area contributed by atoms with Crippen LogP contribution in [0.25, 0.3) is 11.2 Å². The molecule has 0 unspecified atom stereocenters. The van der Waals surface area contributed by atoms with Crippen LogP contribution in [0, 0.1) is 0 Å². The number of imidazole rings is 1. The standard InChI is InChI=1S/C9H13N5O2.BrH/c1-13-7-6(8(15)14(2)9(13)16)11-5(12-7)3-4-10;/h3-4,10H2,1-2H3,(H,11,12);1H. The van der Waals surface area contributed by atoms with Gasteiger partial charge in [-0.1, -0.05) is 0 Å². The van der Waals surface area contributed by atoms with Gasteiger partial charge in [-0.3, -0.25) is 13.9 Å². The van der Waals surface area contributed by atoms with Crippen molar-refractivity contribution in [3.8, 4) is 0 Å². The molecule has 2 rings (SSSR count). The predicted molar refractivity (Wildman–Crippen MR) is 69.7 cm³/mol. The molecule has 0 amide bonds. The molecule has 7 nitrogen and oxygen atoms in total. The molecule has 0 aliphatic rings. The van der Waals surface area contributed by atoms with Crippen LogP contribution in [0.1, 0.15) is 5.82 Å². The number of nitrogens with one attached hydrogen (secondary N) is 1. The summed E-state index contributed by atoms with van der Waals surface area (Å²) in [5.74, 6) is 0.621. The molecule has 2 aromatic rings. The number of fused-ring (bicyclic) bond motifs is 1. The normalized spacial score (nSPS) is 10.5. The van der Waals surface area contributed by atoms with Crippen molar-refractivity contribution in [2.75, 3.05) is 6.54 Å². The second-order valence-corrected chi connectivity index (χ2v) is 3.63. The highest BCUT2D eigenvalue weighted by molar-refractivity contribution is 8.93. The molecule has 2 heterocycles. The summed E-state index contributed by atoms with van der Waals surface area (Å²) in [4.78, 5) is 30.5. The average molecular weight is 304 g/mol. The summed E-state index contributed by atoms with van der Waals surface area (Å²) in [5, 5.41) is 0. The first-order valence-corrected chi connectivity index (χ1v) is 4.91.